The monoisotopic (exact) mass is 505 g/mol. The van der Waals surface area contributed by atoms with E-state index < -0.39 is 17.9 Å². The number of nitrogens with zero attached hydrogens (tertiary/aromatic N) is 1. The first kappa shape index (κ1) is 24.7. The van der Waals surface area contributed by atoms with Crippen LogP contribution < -0.4 is 15.9 Å². The maximum atomic E-state index is 14.5. The van der Waals surface area contributed by atoms with Gasteiger partial charge in [-0.1, -0.05) is 107 Å². The number of rotatable bonds is 7. The summed E-state index contributed by atoms with van der Waals surface area (Å²) in [5.41, 5.74) is 0.153. The predicted molar refractivity (Wildman–Crippen MR) is 148 cm³/mol. The zero-order valence-electron chi connectivity index (χ0n) is 21.2. The summed E-state index contributed by atoms with van der Waals surface area (Å²) in [4.78, 5) is 0.463. The van der Waals surface area contributed by atoms with Gasteiger partial charge in [-0.3, -0.25) is 0 Å². The summed E-state index contributed by atoms with van der Waals surface area (Å²) in [6, 6.07) is 28.4. The molecule has 5 rings (SSSR count). The van der Waals surface area contributed by atoms with E-state index in [1.54, 1.807) is 0 Å². The molecule has 5 heteroatoms. The molecule has 3 aromatic rings. The number of fused-ring (bicyclic) bond motifs is 2. The average Bonchev–Trinajstić information content (AvgIpc) is 3.20. The lowest BCUT2D eigenvalue weighted by atomic mass is 9.69. The number of hydrogen-bond donors (Lipinski definition) is 0. The molecular weight excluding hydrogens is 469 g/mol. The van der Waals surface area contributed by atoms with Crippen molar-refractivity contribution >= 4 is 33.9 Å². The first-order valence-corrected chi connectivity index (χ1v) is 15.5. The smallest absolute Gasteiger partial charge is 0.207 e. The largest absolute Gasteiger partial charge is 0.243 e. The molecule has 3 nitrogen and oxygen atoms in total. The lowest BCUT2D eigenvalue weighted by Gasteiger charge is -2.43. The van der Waals surface area contributed by atoms with Gasteiger partial charge < -0.3 is 0 Å². The lowest BCUT2D eigenvalue weighted by Crippen LogP contribution is -2.50. The third kappa shape index (κ3) is 3.89. The van der Waals surface area contributed by atoms with Gasteiger partial charge in [0, 0.05) is 17.9 Å². The zero-order valence-corrected chi connectivity index (χ0v) is 22.9. The van der Waals surface area contributed by atoms with Crippen molar-refractivity contribution in [2.24, 2.45) is 16.7 Å². The Balaban J connectivity index is 1.64. The van der Waals surface area contributed by atoms with Gasteiger partial charge in [-0.15, -0.1) is 0 Å². The van der Waals surface area contributed by atoms with E-state index in [0.717, 1.165) is 28.8 Å². The molecule has 184 valence electrons. The Hall–Kier alpha value is -2.00. The molecule has 0 unspecified atom stereocenters. The first-order valence-electron chi connectivity index (χ1n) is 12.7. The Labute approximate surface area is 212 Å². The van der Waals surface area contributed by atoms with E-state index in [9.17, 15) is 8.42 Å². The molecule has 0 aliphatic heterocycles. The Morgan fingerprint density at radius 2 is 1.40 bits per heavy atom. The second-order valence-electron chi connectivity index (χ2n) is 10.8. The topological polar surface area (TPSA) is 37.4 Å². The lowest BCUT2D eigenvalue weighted by molar-refractivity contribution is 0.0870. The fraction of sp³-hybridized carbons (Fsp3) is 0.400. The maximum Gasteiger partial charge on any atom is 0.243 e. The van der Waals surface area contributed by atoms with Crippen LogP contribution in [0.4, 0.5) is 0 Å². The highest BCUT2D eigenvalue weighted by Gasteiger charge is 2.63. The normalized spacial score (nSPS) is 25.4. The van der Waals surface area contributed by atoms with Crippen LogP contribution in [0.1, 0.15) is 47.0 Å². The van der Waals surface area contributed by atoms with Crippen LogP contribution in [-0.2, 0) is 10.0 Å². The molecular formula is C30H36NO2PS. The summed E-state index contributed by atoms with van der Waals surface area (Å²) >= 11 is 0. The van der Waals surface area contributed by atoms with E-state index in [1.807, 2.05) is 71.9 Å². The van der Waals surface area contributed by atoms with Gasteiger partial charge in [0.2, 0.25) is 10.0 Å². The van der Waals surface area contributed by atoms with E-state index in [0.29, 0.717) is 17.4 Å². The molecule has 0 heterocycles. The highest BCUT2D eigenvalue weighted by Crippen LogP contribution is 2.67. The van der Waals surface area contributed by atoms with Gasteiger partial charge in [0.15, 0.2) is 0 Å². The Bertz CT molecular complexity index is 1250. The van der Waals surface area contributed by atoms with Crippen molar-refractivity contribution < 1.29 is 8.42 Å². The molecule has 0 N–H and O–H groups in total. The van der Waals surface area contributed by atoms with Crippen LogP contribution >= 0.6 is 7.92 Å². The predicted octanol–water partition coefficient (Wildman–Crippen LogP) is 5.67. The SMILES string of the molecule is CCN([C@@H]1C[C@H]2CC[C@]1(C)C2(C)C)S(=O)(=O)c1ccccc1P(c1ccccc1)c1ccccc1. The van der Waals surface area contributed by atoms with Crippen LogP contribution in [0, 0.1) is 16.7 Å². The standard InChI is InChI=1S/C30H36NO2PS/c1-5-31(28-22-23-20-21-30(28,4)29(23,2)3)35(32,33)27-19-13-12-18-26(27)34(24-14-8-6-9-15-24)25-16-10-7-11-17-25/h6-19,23,28H,5,20-22H2,1-4H3/t23-,28-,30+/m1/s1. The number of hydrogen-bond acceptors (Lipinski definition) is 2. The summed E-state index contributed by atoms with van der Waals surface area (Å²) < 4.78 is 30.9. The summed E-state index contributed by atoms with van der Waals surface area (Å²) in [7, 11) is -4.70. The Morgan fingerprint density at radius 1 is 0.857 bits per heavy atom. The molecule has 2 saturated carbocycles. The van der Waals surface area contributed by atoms with Crippen molar-refractivity contribution in [1.82, 2.24) is 4.31 Å². The van der Waals surface area contributed by atoms with Crippen molar-refractivity contribution in [3.63, 3.8) is 0 Å². The molecule has 0 radical (unpaired) electrons. The molecule has 0 saturated heterocycles. The van der Waals surface area contributed by atoms with Crippen LogP contribution in [0.25, 0.3) is 0 Å². The quantitative estimate of drug-likeness (QED) is 0.388. The molecule has 35 heavy (non-hydrogen) atoms. The van der Waals surface area contributed by atoms with Crippen molar-refractivity contribution in [3.05, 3.63) is 84.9 Å². The molecule has 3 atom stereocenters. The highest BCUT2D eigenvalue weighted by atomic mass is 32.2. The van der Waals surface area contributed by atoms with Crippen molar-refractivity contribution in [1.29, 1.82) is 0 Å². The van der Waals surface area contributed by atoms with Gasteiger partial charge in [-0.25, -0.2) is 8.42 Å². The third-order valence-electron chi connectivity index (χ3n) is 9.13. The maximum absolute atomic E-state index is 14.5. The third-order valence-corrected chi connectivity index (χ3v) is 13.8. The first-order chi connectivity index (χ1) is 16.7. The van der Waals surface area contributed by atoms with Crippen molar-refractivity contribution in [3.8, 4) is 0 Å². The van der Waals surface area contributed by atoms with Gasteiger partial charge in [0.05, 0.1) is 4.90 Å². The highest BCUT2D eigenvalue weighted by molar-refractivity contribution is 7.90. The summed E-state index contributed by atoms with van der Waals surface area (Å²) in [5, 5.41) is 3.23. The van der Waals surface area contributed by atoms with E-state index >= 15 is 0 Å². The van der Waals surface area contributed by atoms with Crippen LogP contribution in [0.2, 0.25) is 0 Å². The van der Waals surface area contributed by atoms with Gasteiger partial charge in [-0.05, 0) is 60.6 Å². The molecule has 0 spiro atoms. The summed E-state index contributed by atoms with van der Waals surface area (Å²) in [6.07, 6.45) is 3.27. The minimum Gasteiger partial charge on any atom is -0.207 e. The number of sulfonamides is 1. The van der Waals surface area contributed by atoms with Crippen LogP contribution in [0.15, 0.2) is 89.8 Å². The van der Waals surface area contributed by atoms with E-state index in [4.69, 9.17) is 0 Å². The Kier molecular flexibility index (Phi) is 6.45. The number of benzene rings is 3. The molecule has 2 bridgehead atoms. The second kappa shape index (κ2) is 9.14. The fourth-order valence-electron chi connectivity index (χ4n) is 6.72. The van der Waals surface area contributed by atoms with Gasteiger partial charge in [0.1, 0.15) is 0 Å². The van der Waals surface area contributed by atoms with Crippen molar-refractivity contribution in [2.45, 2.75) is 57.9 Å². The molecule has 0 amide bonds. The van der Waals surface area contributed by atoms with Crippen molar-refractivity contribution in [2.75, 3.05) is 6.54 Å². The summed E-state index contributed by atoms with van der Waals surface area (Å²) in [5.74, 6) is 0.586. The van der Waals surface area contributed by atoms with Gasteiger partial charge in [0.25, 0.3) is 0 Å². The minimum absolute atomic E-state index is 0.000709. The molecule has 2 fully saturated rings. The molecule has 2 aliphatic carbocycles. The zero-order chi connectivity index (χ0) is 24.8. The minimum atomic E-state index is -3.69. The molecule has 2 aliphatic rings. The molecule has 0 aromatic heterocycles. The van der Waals surface area contributed by atoms with E-state index in [2.05, 4.69) is 45.0 Å². The summed E-state index contributed by atoms with van der Waals surface area (Å²) in [6.45, 7) is 9.52. The van der Waals surface area contributed by atoms with E-state index in [-0.39, 0.29) is 16.9 Å². The molecule has 3 aromatic carbocycles. The van der Waals surface area contributed by atoms with Crippen LogP contribution in [-0.4, -0.2) is 25.3 Å². The fourth-order valence-corrected chi connectivity index (χ4v) is 11.5. The Morgan fingerprint density at radius 3 is 1.89 bits per heavy atom. The van der Waals surface area contributed by atoms with Crippen LogP contribution in [0.3, 0.4) is 0 Å². The van der Waals surface area contributed by atoms with Crippen LogP contribution in [0.5, 0.6) is 0 Å². The van der Waals surface area contributed by atoms with E-state index in [1.165, 1.54) is 6.42 Å². The second-order valence-corrected chi connectivity index (χ2v) is 14.9. The van der Waals surface area contributed by atoms with Gasteiger partial charge >= 0.3 is 0 Å². The average molecular weight is 506 g/mol. The van der Waals surface area contributed by atoms with Gasteiger partial charge in [-0.2, -0.15) is 4.31 Å².